The molecule has 0 bridgehead atoms. The zero-order valence-corrected chi connectivity index (χ0v) is 11.6. The Labute approximate surface area is 114 Å². The van der Waals surface area contributed by atoms with Crippen LogP contribution in [0.3, 0.4) is 0 Å². The maximum absolute atomic E-state index is 11.3. The molecule has 0 aliphatic heterocycles. The summed E-state index contributed by atoms with van der Waals surface area (Å²) in [6.07, 6.45) is 2.36. The fourth-order valence-electron chi connectivity index (χ4n) is 2.41. The number of ether oxygens (including phenoxy) is 1. The van der Waals surface area contributed by atoms with Gasteiger partial charge >= 0.3 is 0 Å². The molecule has 19 heavy (non-hydrogen) atoms. The molecular weight excluding hydrogens is 238 g/mol. The van der Waals surface area contributed by atoms with Crippen LogP contribution in [0.1, 0.15) is 25.8 Å². The summed E-state index contributed by atoms with van der Waals surface area (Å²) in [6, 6.07) is 10.3. The van der Waals surface area contributed by atoms with Crippen molar-refractivity contribution < 1.29 is 9.53 Å². The van der Waals surface area contributed by atoms with E-state index in [4.69, 9.17) is 4.74 Å². The summed E-state index contributed by atoms with van der Waals surface area (Å²) < 4.78 is 5.95. The molecule has 2 atom stereocenters. The van der Waals surface area contributed by atoms with Crippen molar-refractivity contribution in [3.8, 4) is 0 Å². The van der Waals surface area contributed by atoms with Crippen molar-refractivity contribution in [1.82, 2.24) is 5.32 Å². The van der Waals surface area contributed by atoms with E-state index < -0.39 is 0 Å². The lowest BCUT2D eigenvalue weighted by atomic mass is 9.64. The molecule has 0 heterocycles. The van der Waals surface area contributed by atoms with E-state index in [0.717, 1.165) is 6.42 Å². The van der Waals surface area contributed by atoms with Gasteiger partial charge in [-0.05, 0) is 18.1 Å². The van der Waals surface area contributed by atoms with Gasteiger partial charge in [0, 0.05) is 11.5 Å². The van der Waals surface area contributed by atoms with Gasteiger partial charge < -0.3 is 10.1 Å². The van der Waals surface area contributed by atoms with Crippen molar-refractivity contribution in [2.75, 3.05) is 0 Å². The third-order valence-electron chi connectivity index (χ3n) is 3.97. The average molecular weight is 259 g/mol. The molecule has 0 aromatic heterocycles. The molecule has 0 spiro atoms. The van der Waals surface area contributed by atoms with Gasteiger partial charge in [-0.25, -0.2) is 0 Å². The van der Waals surface area contributed by atoms with Gasteiger partial charge in [0.1, 0.15) is 0 Å². The predicted octanol–water partition coefficient (Wildman–Crippen LogP) is 2.67. The Morgan fingerprint density at radius 3 is 2.74 bits per heavy atom. The highest BCUT2D eigenvalue weighted by molar-refractivity contribution is 5.87. The second-order valence-electron chi connectivity index (χ2n) is 5.61. The minimum atomic E-state index is -0.111. The van der Waals surface area contributed by atoms with E-state index in [0.29, 0.717) is 6.61 Å². The zero-order chi connectivity index (χ0) is 13.9. The Bertz CT molecular complexity index is 453. The molecule has 1 saturated carbocycles. The summed E-state index contributed by atoms with van der Waals surface area (Å²) in [6.45, 7) is 8.34. The normalized spacial score (nSPS) is 24.3. The quantitative estimate of drug-likeness (QED) is 0.826. The van der Waals surface area contributed by atoms with Crippen LogP contribution in [0.25, 0.3) is 0 Å². The highest BCUT2D eigenvalue weighted by Gasteiger charge is 2.49. The third kappa shape index (κ3) is 3.04. The number of amides is 1. The van der Waals surface area contributed by atoms with Gasteiger partial charge in [-0.15, -0.1) is 0 Å². The highest BCUT2D eigenvalue weighted by Crippen LogP contribution is 2.43. The molecule has 1 amide bonds. The Morgan fingerprint density at radius 2 is 2.16 bits per heavy atom. The van der Waals surface area contributed by atoms with Crippen LogP contribution in [-0.4, -0.2) is 18.1 Å². The van der Waals surface area contributed by atoms with Crippen LogP contribution in [0.15, 0.2) is 43.0 Å². The highest BCUT2D eigenvalue weighted by atomic mass is 16.5. The van der Waals surface area contributed by atoms with Crippen LogP contribution in [-0.2, 0) is 16.1 Å². The van der Waals surface area contributed by atoms with Gasteiger partial charge in [0.25, 0.3) is 0 Å². The standard InChI is InChI=1S/C16H21NO2/c1-4-15(18)17-13-10-14(16(13,2)3)19-11-12-8-6-5-7-9-12/h4-9,13-14H,1,10-11H2,2-3H3,(H,17,18)/t13-,14-/m0/s1. The van der Waals surface area contributed by atoms with E-state index in [-0.39, 0.29) is 23.5 Å². The average Bonchev–Trinajstić information content (AvgIpc) is 2.42. The summed E-state index contributed by atoms with van der Waals surface area (Å²) >= 11 is 0. The van der Waals surface area contributed by atoms with Gasteiger partial charge in [-0.1, -0.05) is 50.8 Å². The Balaban J connectivity index is 1.84. The molecule has 1 aliphatic rings. The molecule has 1 N–H and O–H groups in total. The summed E-state index contributed by atoms with van der Waals surface area (Å²) in [5.74, 6) is -0.111. The molecule has 1 aliphatic carbocycles. The van der Waals surface area contributed by atoms with Crippen molar-refractivity contribution in [3.05, 3.63) is 48.6 Å². The van der Waals surface area contributed by atoms with E-state index in [1.165, 1.54) is 11.6 Å². The van der Waals surface area contributed by atoms with Crippen molar-refractivity contribution in [3.63, 3.8) is 0 Å². The number of carbonyl (C=O) groups excluding carboxylic acids is 1. The van der Waals surface area contributed by atoms with Gasteiger partial charge in [-0.3, -0.25) is 4.79 Å². The fourth-order valence-corrected chi connectivity index (χ4v) is 2.41. The van der Waals surface area contributed by atoms with Crippen LogP contribution in [0.5, 0.6) is 0 Å². The van der Waals surface area contributed by atoms with Crippen LogP contribution >= 0.6 is 0 Å². The SMILES string of the molecule is C=CC(=O)N[C@H]1C[C@H](OCc2ccccc2)C1(C)C. The van der Waals surface area contributed by atoms with Gasteiger partial charge in [0.15, 0.2) is 0 Å². The number of carbonyl (C=O) groups is 1. The van der Waals surface area contributed by atoms with Crippen molar-refractivity contribution in [2.24, 2.45) is 5.41 Å². The second-order valence-corrected chi connectivity index (χ2v) is 5.61. The van der Waals surface area contributed by atoms with Gasteiger partial charge in [0.05, 0.1) is 12.7 Å². The predicted molar refractivity (Wildman–Crippen MR) is 75.5 cm³/mol. The van der Waals surface area contributed by atoms with Gasteiger partial charge in [-0.2, -0.15) is 0 Å². The molecule has 0 saturated heterocycles. The van der Waals surface area contributed by atoms with Gasteiger partial charge in [0.2, 0.25) is 5.91 Å². The molecule has 1 aromatic rings. The smallest absolute Gasteiger partial charge is 0.243 e. The number of hydrogen-bond donors (Lipinski definition) is 1. The van der Waals surface area contributed by atoms with E-state index >= 15 is 0 Å². The maximum Gasteiger partial charge on any atom is 0.243 e. The molecule has 3 heteroatoms. The number of hydrogen-bond acceptors (Lipinski definition) is 2. The lowest BCUT2D eigenvalue weighted by molar-refractivity contribution is -0.137. The van der Waals surface area contributed by atoms with Crippen LogP contribution < -0.4 is 5.32 Å². The Morgan fingerprint density at radius 1 is 1.47 bits per heavy atom. The van der Waals surface area contributed by atoms with E-state index in [9.17, 15) is 4.79 Å². The first-order valence-corrected chi connectivity index (χ1v) is 6.62. The van der Waals surface area contributed by atoms with E-state index in [1.807, 2.05) is 18.2 Å². The minimum Gasteiger partial charge on any atom is -0.373 e. The van der Waals surface area contributed by atoms with E-state index in [2.05, 4.69) is 37.9 Å². The molecule has 0 unspecified atom stereocenters. The summed E-state index contributed by atoms with van der Waals surface area (Å²) in [4.78, 5) is 11.3. The number of benzene rings is 1. The first kappa shape index (κ1) is 13.8. The molecule has 1 aromatic carbocycles. The van der Waals surface area contributed by atoms with Crippen LogP contribution in [0.4, 0.5) is 0 Å². The molecule has 0 radical (unpaired) electrons. The molecule has 102 valence electrons. The Hall–Kier alpha value is -1.61. The minimum absolute atomic E-state index is 0.0343. The largest absolute Gasteiger partial charge is 0.373 e. The van der Waals surface area contributed by atoms with Crippen molar-refractivity contribution >= 4 is 5.91 Å². The van der Waals surface area contributed by atoms with Crippen LogP contribution in [0.2, 0.25) is 0 Å². The Kier molecular flexibility index (Phi) is 4.05. The molecule has 3 nitrogen and oxygen atoms in total. The first-order valence-electron chi connectivity index (χ1n) is 6.62. The monoisotopic (exact) mass is 259 g/mol. The summed E-state index contributed by atoms with van der Waals surface area (Å²) in [5, 5.41) is 2.95. The summed E-state index contributed by atoms with van der Waals surface area (Å²) in [5.41, 5.74) is 1.14. The molecule has 2 rings (SSSR count). The third-order valence-corrected chi connectivity index (χ3v) is 3.97. The number of rotatable bonds is 5. The van der Waals surface area contributed by atoms with Crippen LogP contribution in [0, 0.1) is 5.41 Å². The molecular formula is C16H21NO2. The molecule has 1 fully saturated rings. The lowest BCUT2D eigenvalue weighted by Crippen LogP contribution is -2.61. The van der Waals surface area contributed by atoms with Crippen molar-refractivity contribution in [2.45, 2.75) is 39.0 Å². The lowest BCUT2D eigenvalue weighted by Gasteiger charge is -2.51. The number of nitrogens with one attached hydrogen (secondary N) is 1. The topological polar surface area (TPSA) is 38.3 Å². The fraction of sp³-hybridized carbons (Fsp3) is 0.438. The first-order chi connectivity index (χ1) is 9.04. The zero-order valence-electron chi connectivity index (χ0n) is 11.6. The van der Waals surface area contributed by atoms with Crippen molar-refractivity contribution in [1.29, 1.82) is 0 Å². The summed E-state index contributed by atoms with van der Waals surface area (Å²) in [7, 11) is 0. The maximum atomic E-state index is 11.3. The second kappa shape index (κ2) is 5.57. The van der Waals surface area contributed by atoms with E-state index in [1.54, 1.807) is 0 Å².